The molecule has 0 saturated carbocycles. The smallest absolute Gasteiger partial charge is 0.221 e. The number of likely N-dealkylation sites (N-methyl/N-ethyl adjacent to an activating group) is 1. The van der Waals surface area contributed by atoms with Crippen molar-refractivity contribution < 1.29 is 9.59 Å². The average molecular weight is 243 g/mol. The number of amides is 2. The molecule has 0 atom stereocenters. The molecule has 0 aliphatic rings. The zero-order valence-electron chi connectivity index (χ0n) is 11.1. The van der Waals surface area contributed by atoms with E-state index >= 15 is 0 Å². The Labute approximate surface area is 104 Å². The lowest BCUT2D eigenvalue weighted by atomic mass is 10.1. The molecule has 5 nitrogen and oxygen atoms in total. The highest BCUT2D eigenvalue weighted by molar-refractivity contribution is 5.78. The SMILES string of the molecule is CCNCCNC(=O)CCNC(=O)CC(C)C. The number of carbonyl (C=O) groups is 2. The molecule has 0 bridgehead atoms. The standard InChI is InChI=1S/C12H25N3O2/c1-4-13-7-8-15-11(16)5-6-14-12(17)9-10(2)3/h10,13H,4-9H2,1-3H3,(H,14,17)(H,15,16). The van der Waals surface area contributed by atoms with E-state index in [1.807, 2.05) is 20.8 Å². The highest BCUT2D eigenvalue weighted by atomic mass is 16.2. The lowest BCUT2D eigenvalue weighted by Gasteiger charge is -2.08. The third kappa shape index (κ3) is 11.2. The highest BCUT2D eigenvalue weighted by Gasteiger charge is 2.05. The second kappa shape index (κ2) is 10.1. The van der Waals surface area contributed by atoms with Crippen LogP contribution in [0.4, 0.5) is 0 Å². The minimum atomic E-state index is -0.0206. The number of hydrogen-bond acceptors (Lipinski definition) is 3. The zero-order chi connectivity index (χ0) is 13.1. The van der Waals surface area contributed by atoms with Crippen LogP contribution in [0.3, 0.4) is 0 Å². The fourth-order valence-electron chi connectivity index (χ4n) is 1.31. The first-order valence-electron chi connectivity index (χ1n) is 6.30. The maximum Gasteiger partial charge on any atom is 0.221 e. The Morgan fingerprint density at radius 2 is 1.65 bits per heavy atom. The average Bonchev–Trinajstić information content (AvgIpc) is 2.23. The molecule has 0 aromatic rings. The van der Waals surface area contributed by atoms with E-state index in [1.54, 1.807) is 0 Å². The van der Waals surface area contributed by atoms with Crippen LogP contribution in [0.2, 0.25) is 0 Å². The lowest BCUT2D eigenvalue weighted by molar-refractivity contribution is -0.122. The fraction of sp³-hybridized carbons (Fsp3) is 0.833. The molecule has 0 spiro atoms. The molecule has 0 aliphatic carbocycles. The second-order valence-electron chi connectivity index (χ2n) is 4.40. The van der Waals surface area contributed by atoms with Gasteiger partial charge in [-0.2, -0.15) is 0 Å². The van der Waals surface area contributed by atoms with Gasteiger partial charge in [-0.25, -0.2) is 0 Å². The van der Waals surface area contributed by atoms with Gasteiger partial charge in [0, 0.05) is 32.5 Å². The summed E-state index contributed by atoms with van der Waals surface area (Å²) in [5, 5.41) is 8.63. The van der Waals surface area contributed by atoms with Gasteiger partial charge in [-0.3, -0.25) is 9.59 Å². The van der Waals surface area contributed by atoms with Gasteiger partial charge in [-0.1, -0.05) is 20.8 Å². The highest BCUT2D eigenvalue weighted by Crippen LogP contribution is 1.97. The zero-order valence-corrected chi connectivity index (χ0v) is 11.1. The van der Waals surface area contributed by atoms with Crippen molar-refractivity contribution in [3.8, 4) is 0 Å². The summed E-state index contributed by atoms with van der Waals surface area (Å²) < 4.78 is 0. The van der Waals surface area contributed by atoms with E-state index in [4.69, 9.17) is 0 Å². The van der Waals surface area contributed by atoms with Crippen LogP contribution in [0.25, 0.3) is 0 Å². The summed E-state index contributed by atoms with van der Waals surface area (Å²) in [7, 11) is 0. The molecule has 0 aliphatic heterocycles. The van der Waals surface area contributed by atoms with E-state index in [0.717, 1.165) is 13.1 Å². The van der Waals surface area contributed by atoms with E-state index in [-0.39, 0.29) is 11.8 Å². The van der Waals surface area contributed by atoms with Crippen molar-refractivity contribution in [3.63, 3.8) is 0 Å². The van der Waals surface area contributed by atoms with Crippen molar-refractivity contribution in [2.24, 2.45) is 5.92 Å². The van der Waals surface area contributed by atoms with Crippen molar-refractivity contribution in [3.05, 3.63) is 0 Å². The molecule has 17 heavy (non-hydrogen) atoms. The summed E-state index contributed by atoms with van der Waals surface area (Å²) >= 11 is 0. The summed E-state index contributed by atoms with van der Waals surface area (Å²) in [6, 6.07) is 0. The minimum Gasteiger partial charge on any atom is -0.356 e. The van der Waals surface area contributed by atoms with Crippen LogP contribution < -0.4 is 16.0 Å². The van der Waals surface area contributed by atoms with E-state index in [2.05, 4.69) is 16.0 Å². The molecule has 5 heteroatoms. The number of nitrogens with one attached hydrogen (secondary N) is 3. The molecule has 100 valence electrons. The number of hydrogen-bond donors (Lipinski definition) is 3. The van der Waals surface area contributed by atoms with Crippen LogP contribution in [0.5, 0.6) is 0 Å². The van der Waals surface area contributed by atoms with Crippen LogP contribution >= 0.6 is 0 Å². The predicted molar refractivity (Wildman–Crippen MR) is 68.6 cm³/mol. The van der Waals surface area contributed by atoms with Crippen molar-refractivity contribution >= 4 is 11.8 Å². The molecule has 0 saturated heterocycles. The Balaban J connectivity index is 3.41. The van der Waals surface area contributed by atoms with Gasteiger partial charge >= 0.3 is 0 Å². The third-order valence-electron chi connectivity index (χ3n) is 2.14. The van der Waals surface area contributed by atoms with E-state index < -0.39 is 0 Å². The van der Waals surface area contributed by atoms with Crippen LogP contribution in [0, 0.1) is 5.92 Å². The lowest BCUT2D eigenvalue weighted by Crippen LogP contribution is -2.34. The molecular formula is C12H25N3O2. The molecule has 0 rings (SSSR count). The predicted octanol–water partition coefficient (Wildman–Crippen LogP) is 0.265. The van der Waals surface area contributed by atoms with Crippen LogP contribution in [0.15, 0.2) is 0 Å². The van der Waals surface area contributed by atoms with E-state index in [1.165, 1.54) is 0 Å². The van der Waals surface area contributed by atoms with Gasteiger partial charge in [0.15, 0.2) is 0 Å². The summed E-state index contributed by atoms with van der Waals surface area (Å²) in [4.78, 5) is 22.6. The normalized spacial score (nSPS) is 10.4. The molecule has 0 fully saturated rings. The van der Waals surface area contributed by atoms with E-state index in [0.29, 0.717) is 31.8 Å². The third-order valence-corrected chi connectivity index (χ3v) is 2.14. The molecule has 0 unspecified atom stereocenters. The van der Waals surface area contributed by atoms with Crippen molar-refractivity contribution in [2.75, 3.05) is 26.2 Å². The van der Waals surface area contributed by atoms with Gasteiger partial charge in [-0.15, -0.1) is 0 Å². The number of carbonyl (C=O) groups excluding carboxylic acids is 2. The monoisotopic (exact) mass is 243 g/mol. The topological polar surface area (TPSA) is 70.2 Å². The Bertz CT molecular complexity index is 230. The van der Waals surface area contributed by atoms with Gasteiger partial charge in [0.25, 0.3) is 0 Å². The van der Waals surface area contributed by atoms with Crippen LogP contribution in [-0.4, -0.2) is 38.0 Å². The minimum absolute atomic E-state index is 0.0143. The van der Waals surface area contributed by atoms with Crippen LogP contribution in [0.1, 0.15) is 33.6 Å². The summed E-state index contributed by atoms with van der Waals surface area (Å²) in [5.41, 5.74) is 0. The largest absolute Gasteiger partial charge is 0.356 e. The van der Waals surface area contributed by atoms with Crippen LogP contribution in [-0.2, 0) is 9.59 Å². The molecular weight excluding hydrogens is 218 g/mol. The van der Waals surface area contributed by atoms with Gasteiger partial charge < -0.3 is 16.0 Å². The number of rotatable bonds is 9. The molecule has 0 aromatic heterocycles. The maximum atomic E-state index is 11.3. The van der Waals surface area contributed by atoms with Crippen molar-refractivity contribution in [2.45, 2.75) is 33.6 Å². The Morgan fingerprint density at radius 3 is 2.24 bits per heavy atom. The first kappa shape index (κ1) is 15.9. The van der Waals surface area contributed by atoms with Crippen molar-refractivity contribution in [1.82, 2.24) is 16.0 Å². The van der Waals surface area contributed by atoms with Gasteiger partial charge in [0.1, 0.15) is 0 Å². The fourth-order valence-corrected chi connectivity index (χ4v) is 1.31. The van der Waals surface area contributed by atoms with Gasteiger partial charge in [-0.05, 0) is 12.5 Å². The summed E-state index contributed by atoms with van der Waals surface area (Å²) in [5.74, 6) is 0.345. The summed E-state index contributed by atoms with van der Waals surface area (Å²) in [6.07, 6.45) is 0.859. The van der Waals surface area contributed by atoms with Gasteiger partial charge in [0.2, 0.25) is 11.8 Å². The molecule has 0 aromatic carbocycles. The van der Waals surface area contributed by atoms with E-state index in [9.17, 15) is 9.59 Å². The molecule has 0 radical (unpaired) electrons. The quantitative estimate of drug-likeness (QED) is 0.509. The molecule has 0 heterocycles. The summed E-state index contributed by atoms with van der Waals surface area (Å²) in [6.45, 7) is 8.74. The first-order chi connectivity index (χ1) is 8.06. The molecule has 3 N–H and O–H groups in total. The first-order valence-corrected chi connectivity index (χ1v) is 6.30. The van der Waals surface area contributed by atoms with Gasteiger partial charge in [0.05, 0.1) is 0 Å². The Hall–Kier alpha value is -1.10. The molecule has 2 amide bonds. The second-order valence-corrected chi connectivity index (χ2v) is 4.40. The Morgan fingerprint density at radius 1 is 1.00 bits per heavy atom. The van der Waals surface area contributed by atoms with Crippen molar-refractivity contribution in [1.29, 1.82) is 0 Å². The Kier molecular flexibility index (Phi) is 9.43. The maximum absolute atomic E-state index is 11.3.